The van der Waals surface area contributed by atoms with Crippen LogP contribution in [0, 0.1) is 0 Å². The minimum absolute atomic E-state index is 0.0317. The van der Waals surface area contributed by atoms with Gasteiger partial charge in [-0.2, -0.15) is 0 Å². The average Bonchev–Trinajstić information content (AvgIpc) is 2.84. The quantitative estimate of drug-likeness (QED) is 0.411. The maximum Gasteiger partial charge on any atom is 0.321 e. The molecule has 2 aliphatic rings. The van der Waals surface area contributed by atoms with E-state index in [2.05, 4.69) is 16.0 Å². The number of carboxylic acid groups (broad SMARTS) is 1. The van der Waals surface area contributed by atoms with E-state index < -0.39 is 30.0 Å². The normalized spacial score (nSPS) is 20.0. The Labute approximate surface area is 203 Å². The van der Waals surface area contributed by atoms with Gasteiger partial charge in [-0.1, -0.05) is 6.07 Å². The number of methoxy groups -OCH3 is 1. The van der Waals surface area contributed by atoms with E-state index >= 15 is 0 Å². The molecule has 0 unspecified atom stereocenters. The maximum atomic E-state index is 13.2. The van der Waals surface area contributed by atoms with E-state index in [9.17, 15) is 24.0 Å². The molecule has 2 atom stereocenters. The fourth-order valence-electron chi connectivity index (χ4n) is 4.11. The number of nitrogens with one attached hydrogen (secondary N) is 3. The van der Waals surface area contributed by atoms with Gasteiger partial charge in [0.2, 0.25) is 17.7 Å². The first-order valence-corrected chi connectivity index (χ1v) is 11.6. The first-order valence-electron chi connectivity index (χ1n) is 11.6. The lowest BCUT2D eigenvalue weighted by Crippen LogP contribution is -2.64. The number of anilines is 1. The van der Waals surface area contributed by atoms with E-state index in [1.807, 2.05) is 0 Å². The SMILES string of the molecule is COc1cccc(NC(=O)N2CCN(C(=O)CCCC(=O)O)[C@H](C(=O)N[C@H]3CCCNC3=O)C2)c1. The van der Waals surface area contributed by atoms with Gasteiger partial charge in [0.1, 0.15) is 17.8 Å². The smallest absolute Gasteiger partial charge is 0.321 e. The van der Waals surface area contributed by atoms with Gasteiger partial charge in [-0.15, -0.1) is 0 Å². The van der Waals surface area contributed by atoms with E-state index in [0.717, 1.165) is 0 Å². The second-order valence-corrected chi connectivity index (χ2v) is 8.45. The van der Waals surface area contributed by atoms with Crippen LogP contribution in [-0.4, -0.2) is 90.0 Å². The standard InChI is InChI=1S/C23H31N5O7/c1-35-16-6-2-5-15(13-16)25-23(34)27-11-12-28(19(29)8-3-9-20(30)31)18(14-27)22(33)26-17-7-4-10-24-21(17)32/h2,5-6,13,17-18H,3-4,7-12,14H2,1H3,(H,24,32)(H,25,34)(H,26,33)(H,30,31)/t17-,18-/m0/s1. The van der Waals surface area contributed by atoms with E-state index in [-0.39, 0.29) is 50.7 Å². The molecule has 190 valence electrons. The van der Waals surface area contributed by atoms with Gasteiger partial charge in [0, 0.05) is 44.2 Å². The van der Waals surface area contributed by atoms with Crippen LogP contribution in [-0.2, 0) is 19.2 Å². The third-order valence-corrected chi connectivity index (χ3v) is 5.99. The zero-order chi connectivity index (χ0) is 25.4. The molecular weight excluding hydrogens is 458 g/mol. The number of benzene rings is 1. The number of rotatable bonds is 8. The van der Waals surface area contributed by atoms with Crippen LogP contribution in [0.3, 0.4) is 0 Å². The number of hydrogen-bond acceptors (Lipinski definition) is 6. The second-order valence-electron chi connectivity index (χ2n) is 8.45. The van der Waals surface area contributed by atoms with E-state index in [1.165, 1.54) is 16.9 Å². The Morgan fingerprint density at radius 1 is 1.20 bits per heavy atom. The number of piperidine rings is 1. The molecule has 1 aromatic carbocycles. The van der Waals surface area contributed by atoms with Crippen LogP contribution in [0.4, 0.5) is 10.5 Å². The summed E-state index contributed by atoms with van der Waals surface area (Å²) in [6.07, 6.45) is 1.15. The molecule has 0 spiro atoms. The monoisotopic (exact) mass is 489 g/mol. The van der Waals surface area contributed by atoms with Gasteiger partial charge >= 0.3 is 12.0 Å². The molecule has 0 bridgehead atoms. The van der Waals surface area contributed by atoms with E-state index in [0.29, 0.717) is 30.8 Å². The molecule has 0 saturated carbocycles. The van der Waals surface area contributed by atoms with E-state index in [1.54, 1.807) is 24.3 Å². The molecule has 1 aromatic rings. The van der Waals surface area contributed by atoms with Gasteiger partial charge in [0.25, 0.3) is 0 Å². The van der Waals surface area contributed by atoms with Crippen molar-refractivity contribution in [2.24, 2.45) is 0 Å². The molecule has 35 heavy (non-hydrogen) atoms. The van der Waals surface area contributed by atoms with E-state index in [4.69, 9.17) is 9.84 Å². The fourth-order valence-corrected chi connectivity index (χ4v) is 4.11. The Kier molecular flexibility index (Phi) is 8.87. The van der Waals surface area contributed by atoms with Crippen molar-refractivity contribution in [1.82, 2.24) is 20.4 Å². The number of amides is 5. The summed E-state index contributed by atoms with van der Waals surface area (Å²) in [6, 6.07) is 4.68. The molecule has 0 radical (unpaired) electrons. The average molecular weight is 490 g/mol. The number of hydrogen-bond donors (Lipinski definition) is 4. The van der Waals surface area contributed by atoms with Crippen LogP contribution < -0.4 is 20.7 Å². The predicted molar refractivity (Wildman–Crippen MR) is 125 cm³/mol. The molecule has 0 aliphatic carbocycles. The Balaban J connectivity index is 1.70. The van der Waals surface area contributed by atoms with Crippen molar-refractivity contribution in [3.8, 4) is 5.75 Å². The number of carbonyl (C=O) groups excluding carboxylic acids is 4. The number of piperazine rings is 1. The summed E-state index contributed by atoms with van der Waals surface area (Å²) in [4.78, 5) is 64.6. The zero-order valence-electron chi connectivity index (χ0n) is 19.6. The number of carboxylic acids is 1. The Morgan fingerprint density at radius 2 is 2.00 bits per heavy atom. The van der Waals surface area contributed by atoms with Gasteiger partial charge in [0.05, 0.1) is 13.7 Å². The number of carbonyl (C=O) groups is 5. The first kappa shape index (κ1) is 25.8. The van der Waals surface area contributed by atoms with Crippen molar-refractivity contribution in [3.05, 3.63) is 24.3 Å². The summed E-state index contributed by atoms with van der Waals surface area (Å²) < 4.78 is 5.17. The highest BCUT2D eigenvalue weighted by Crippen LogP contribution is 2.19. The minimum atomic E-state index is -1.01. The van der Waals surface area contributed by atoms with Gasteiger partial charge in [0.15, 0.2) is 0 Å². The fraction of sp³-hybridized carbons (Fsp3) is 0.522. The summed E-state index contributed by atoms with van der Waals surface area (Å²) in [5, 5.41) is 17.0. The predicted octanol–water partition coefficient (Wildman–Crippen LogP) is 0.390. The molecule has 2 aliphatic heterocycles. The van der Waals surface area contributed by atoms with Gasteiger partial charge in [-0.05, 0) is 31.4 Å². The van der Waals surface area contributed by atoms with Crippen LogP contribution in [0.5, 0.6) is 5.75 Å². The van der Waals surface area contributed by atoms with Crippen molar-refractivity contribution >= 4 is 35.4 Å². The molecule has 12 heteroatoms. The van der Waals surface area contributed by atoms with Crippen molar-refractivity contribution < 1.29 is 33.8 Å². The lowest BCUT2D eigenvalue weighted by molar-refractivity contribution is -0.144. The summed E-state index contributed by atoms with van der Waals surface area (Å²) in [5.74, 6) is -1.62. The van der Waals surface area contributed by atoms with Crippen molar-refractivity contribution in [2.45, 2.75) is 44.2 Å². The summed E-state index contributed by atoms with van der Waals surface area (Å²) in [7, 11) is 1.52. The van der Waals surface area contributed by atoms with Crippen LogP contribution in [0.15, 0.2) is 24.3 Å². The minimum Gasteiger partial charge on any atom is -0.497 e. The number of ether oxygens (including phenoxy) is 1. The Morgan fingerprint density at radius 3 is 2.71 bits per heavy atom. The Bertz CT molecular complexity index is 969. The second kappa shape index (κ2) is 12.0. The van der Waals surface area contributed by atoms with Crippen molar-refractivity contribution in [3.63, 3.8) is 0 Å². The molecule has 2 saturated heterocycles. The molecular formula is C23H31N5O7. The number of nitrogens with zero attached hydrogens (tertiary/aromatic N) is 2. The van der Waals surface area contributed by atoms with Gasteiger partial charge in [-0.3, -0.25) is 19.2 Å². The van der Waals surface area contributed by atoms with Crippen LogP contribution in [0.25, 0.3) is 0 Å². The van der Waals surface area contributed by atoms with Crippen LogP contribution in [0.2, 0.25) is 0 Å². The summed E-state index contributed by atoms with van der Waals surface area (Å²) in [5.41, 5.74) is 0.515. The van der Waals surface area contributed by atoms with Gasteiger partial charge < -0.3 is 35.6 Å². The summed E-state index contributed by atoms with van der Waals surface area (Å²) >= 11 is 0. The molecule has 2 heterocycles. The molecule has 3 rings (SSSR count). The highest BCUT2D eigenvalue weighted by Gasteiger charge is 2.38. The molecule has 0 aromatic heterocycles. The van der Waals surface area contributed by atoms with Crippen LogP contribution >= 0.6 is 0 Å². The Hall–Kier alpha value is -3.83. The van der Waals surface area contributed by atoms with Crippen molar-refractivity contribution in [2.75, 3.05) is 38.6 Å². The van der Waals surface area contributed by atoms with Gasteiger partial charge in [-0.25, -0.2) is 4.79 Å². The maximum absolute atomic E-state index is 13.2. The molecule has 12 nitrogen and oxygen atoms in total. The first-order chi connectivity index (χ1) is 16.8. The third kappa shape index (κ3) is 7.08. The number of urea groups is 1. The zero-order valence-corrected chi connectivity index (χ0v) is 19.6. The highest BCUT2D eigenvalue weighted by atomic mass is 16.5. The number of aliphatic carboxylic acids is 1. The lowest BCUT2D eigenvalue weighted by atomic mass is 10.0. The van der Waals surface area contributed by atoms with Crippen molar-refractivity contribution in [1.29, 1.82) is 0 Å². The molecule has 5 amide bonds. The lowest BCUT2D eigenvalue weighted by Gasteiger charge is -2.41. The topological polar surface area (TPSA) is 157 Å². The van der Waals surface area contributed by atoms with Crippen LogP contribution in [0.1, 0.15) is 32.1 Å². The third-order valence-electron chi connectivity index (χ3n) is 5.99. The molecule has 2 fully saturated rings. The summed E-state index contributed by atoms with van der Waals surface area (Å²) in [6.45, 7) is 0.766. The highest BCUT2D eigenvalue weighted by molar-refractivity contribution is 5.94. The molecule has 4 N–H and O–H groups in total. The largest absolute Gasteiger partial charge is 0.497 e.